The van der Waals surface area contributed by atoms with E-state index in [4.69, 9.17) is 0 Å². The van der Waals surface area contributed by atoms with Crippen LogP contribution in [-0.2, 0) is 0 Å². The lowest BCUT2D eigenvalue weighted by molar-refractivity contribution is 0.0954. The van der Waals surface area contributed by atoms with Gasteiger partial charge in [-0.25, -0.2) is 0 Å². The highest BCUT2D eigenvalue weighted by Gasteiger charge is 2.14. The van der Waals surface area contributed by atoms with E-state index < -0.39 is 0 Å². The lowest BCUT2D eigenvalue weighted by atomic mass is 10.1. The molecule has 1 amide bonds. The maximum absolute atomic E-state index is 12.3. The fourth-order valence-electron chi connectivity index (χ4n) is 2.76. The Labute approximate surface area is 118 Å². The third-order valence-corrected chi connectivity index (χ3v) is 3.83. The van der Waals surface area contributed by atoms with Crippen LogP contribution in [0, 0.1) is 0 Å². The maximum atomic E-state index is 12.3. The Morgan fingerprint density at radius 3 is 3.15 bits per heavy atom. The summed E-state index contributed by atoms with van der Waals surface area (Å²) in [5, 5.41) is 7.36. The van der Waals surface area contributed by atoms with E-state index in [1.807, 2.05) is 30.3 Å². The molecule has 0 radical (unpaired) electrons. The van der Waals surface area contributed by atoms with Crippen molar-refractivity contribution in [2.45, 2.75) is 25.3 Å². The molecule has 4 heteroatoms. The maximum Gasteiger partial charge on any atom is 0.251 e. The largest absolute Gasteiger partial charge is 0.352 e. The summed E-state index contributed by atoms with van der Waals surface area (Å²) in [6.45, 7) is 1.82. The van der Waals surface area contributed by atoms with Gasteiger partial charge in [-0.05, 0) is 44.0 Å². The van der Waals surface area contributed by atoms with Crippen LogP contribution in [0.1, 0.15) is 29.6 Å². The van der Waals surface area contributed by atoms with E-state index in [9.17, 15) is 4.79 Å². The number of carbonyl (C=O) groups excluding carboxylic acids is 1. The molecule has 0 saturated carbocycles. The molecule has 104 valence electrons. The Morgan fingerprint density at radius 1 is 1.35 bits per heavy atom. The Kier molecular flexibility index (Phi) is 3.92. The highest BCUT2D eigenvalue weighted by molar-refractivity contribution is 6.06. The van der Waals surface area contributed by atoms with Crippen LogP contribution in [0.3, 0.4) is 0 Å². The molecule has 2 N–H and O–H groups in total. The molecule has 2 heterocycles. The van der Waals surface area contributed by atoms with Gasteiger partial charge in [0.15, 0.2) is 0 Å². The van der Waals surface area contributed by atoms with Gasteiger partial charge in [-0.2, -0.15) is 0 Å². The van der Waals surface area contributed by atoms with Gasteiger partial charge in [-0.15, -0.1) is 0 Å². The number of amides is 1. The topological polar surface area (TPSA) is 54.0 Å². The molecule has 4 nitrogen and oxygen atoms in total. The second kappa shape index (κ2) is 6.01. The monoisotopic (exact) mass is 269 g/mol. The van der Waals surface area contributed by atoms with E-state index in [1.165, 1.54) is 12.8 Å². The summed E-state index contributed by atoms with van der Waals surface area (Å²) in [6.07, 6.45) is 5.20. The third-order valence-electron chi connectivity index (χ3n) is 3.83. The number of rotatable bonds is 4. The second-order valence-corrected chi connectivity index (χ2v) is 5.21. The van der Waals surface area contributed by atoms with Gasteiger partial charge in [0, 0.05) is 29.7 Å². The van der Waals surface area contributed by atoms with Crippen molar-refractivity contribution in [3.63, 3.8) is 0 Å². The van der Waals surface area contributed by atoms with Crippen molar-refractivity contribution in [2.75, 3.05) is 13.1 Å². The fraction of sp³-hybridized carbons (Fsp3) is 0.375. The molecule has 0 aliphatic carbocycles. The number of nitrogens with one attached hydrogen (secondary N) is 2. The number of nitrogens with zero attached hydrogens (tertiary/aromatic N) is 1. The zero-order chi connectivity index (χ0) is 13.8. The molecule has 1 aromatic heterocycles. The molecule has 1 fully saturated rings. The van der Waals surface area contributed by atoms with Crippen LogP contribution in [0.5, 0.6) is 0 Å². The van der Waals surface area contributed by atoms with Gasteiger partial charge < -0.3 is 10.6 Å². The molecule has 1 saturated heterocycles. The molecular weight excluding hydrogens is 250 g/mol. The SMILES string of the molecule is O=C(NCC[C@H]1CCCN1)c1cccc2ncccc12. The van der Waals surface area contributed by atoms with Gasteiger partial charge in [0.05, 0.1) is 5.52 Å². The molecule has 0 spiro atoms. The predicted octanol–water partition coefficient (Wildman–Crippen LogP) is 2.11. The normalized spacial score (nSPS) is 18.3. The Balaban J connectivity index is 1.66. The van der Waals surface area contributed by atoms with Crippen molar-refractivity contribution in [3.8, 4) is 0 Å². The van der Waals surface area contributed by atoms with E-state index in [2.05, 4.69) is 15.6 Å². The molecule has 3 rings (SSSR count). The summed E-state index contributed by atoms with van der Waals surface area (Å²) in [4.78, 5) is 16.6. The van der Waals surface area contributed by atoms with E-state index in [0.717, 1.165) is 23.9 Å². The van der Waals surface area contributed by atoms with Crippen LogP contribution in [-0.4, -0.2) is 30.0 Å². The zero-order valence-electron chi connectivity index (χ0n) is 11.4. The first kappa shape index (κ1) is 13.1. The molecule has 1 aliphatic rings. The van der Waals surface area contributed by atoms with Gasteiger partial charge in [0.25, 0.3) is 5.91 Å². The highest BCUT2D eigenvalue weighted by Crippen LogP contribution is 2.16. The summed E-state index contributed by atoms with van der Waals surface area (Å²) in [5.74, 6) is -0.0124. The van der Waals surface area contributed by atoms with E-state index in [-0.39, 0.29) is 5.91 Å². The van der Waals surface area contributed by atoms with Crippen molar-refractivity contribution < 1.29 is 4.79 Å². The fourth-order valence-corrected chi connectivity index (χ4v) is 2.76. The van der Waals surface area contributed by atoms with Crippen molar-refractivity contribution >= 4 is 16.8 Å². The van der Waals surface area contributed by atoms with Crippen LogP contribution in [0.25, 0.3) is 10.9 Å². The Bertz CT molecular complexity index is 600. The van der Waals surface area contributed by atoms with Crippen molar-refractivity contribution in [2.24, 2.45) is 0 Å². The number of benzene rings is 1. The van der Waals surface area contributed by atoms with Crippen LogP contribution in [0.2, 0.25) is 0 Å². The number of hydrogen-bond acceptors (Lipinski definition) is 3. The molecule has 1 atom stereocenters. The van der Waals surface area contributed by atoms with Gasteiger partial charge in [0.2, 0.25) is 0 Å². The van der Waals surface area contributed by atoms with Gasteiger partial charge in [0.1, 0.15) is 0 Å². The molecule has 1 aliphatic heterocycles. The standard InChI is InChI=1S/C16H19N3O/c20-16(19-11-8-12-4-2-9-17-12)14-5-1-7-15-13(14)6-3-10-18-15/h1,3,5-7,10,12,17H,2,4,8-9,11H2,(H,19,20)/t12-/m1/s1. The highest BCUT2D eigenvalue weighted by atomic mass is 16.1. The van der Waals surface area contributed by atoms with Crippen LogP contribution < -0.4 is 10.6 Å². The number of aromatic nitrogens is 1. The second-order valence-electron chi connectivity index (χ2n) is 5.21. The minimum Gasteiger partial charge on any atom is -0.352 e. The number of hydrogen-bond donors (Lipinski definition) is 2. The van der Waals surface area contributed by atoms with Crippen LogP contribution in [0.15, 0.2) is 36.5 Å². The molecule has 1 aromatic carbocycles. The lowest BCUT2D eigenvalue weighted by Gasteiger charge is -2.11. The molecule has 0 bridgehead atoms. The summed E-state index contributed by atoms with van der Waals surface area (Å²) in [5.41, 5.74) is 1.56. The average molecular weight is 269 g/mol. The number of fused-ring (bicyclic) bond motifs is 1. The molecule has 20 heavy (non-hydrogen) atoms. The third kappa shape index (κ3) is 2.80. The van der Waals surface area contributed by atoms with Gasteiger partial charge in [-0.1, -0.05) is 12.1 Å². The smallest absolute Gasteiger partial charge is 0.251 e. The molecular formula is C16H19N3O. The first-order valence-electron chi connectivity index (χ1n) is 7.20. The lowest BCUT2D eigenvalue weighted by Crippen LogP contribution is -2.30. The minimum atomic E-state index is -0.0124. The van der Waals surface area contributed by atoms with Crippen LogP contribution >= 0.6 is 0 Å². The van der Waals surface area contributed by atoms with Crippen molar-refractivity contribution in [1.82, 2.24) is 15.6 Å². The Hall–Kier alpha value is -1.94. The van der Waals surface area contributed by atoms with E-state index >= 15 is 0 Å². The number of carbonyl (C=O) groups is 1. The molecule has 2 aromatic rings. The van der Waals surface area contributed by atoms with E-state index in [0.29, 0.717) is 18.2 Å². The summed E-state index contributed by atoms with van der Waals surface area (Å²) < 4.78 is 0. The zero-order valence-corrected chi connectivity index (χ0v) is 11.4. The minimum absolute atomic E-state index is 0.0124. The first-order valence-corrected chi connectivity index (χ1v) is 7.20. The summed E-state index contributed by atoms with van der Waals surface area (Å²) in [7, 11) is 0. The first-order chi connectivity index (χ1) is 9.84. The van der Waals surface area contributed by atoms with E-state index in [1.54, 1.807) is 6.20 Å². The van der Waals surface area contributed by atoms with Gasteiger partial charge >= 0.3 is 0 Å². The summed E-state index contributed by atoms with van der Waals surface area (Å²) >= 11 is 0. The number of pyridine rings is 1. The van der Waals surface area contributed by atoms with Gasteiger partial charge in [-0.3, -0.25) is 9.78 Å². The van der Waals surface area contributed by atoms with Crippen LogP contribution in [0.4, 0.5) is 0 Å². The predicted molar refractivity (Wildman–Crippen MR) is 79.7 cm³/mol. The Morgan fingerprint density at radius 2 is 2.30 bits per heavy atom. The average Bonchev–Trinajstić information content (AvgIpc) is 3.00. The summed E-state index contributed by atoms with van der Waals surface area (Å²) in [6, 6.07) is 10.0. The quantitative estimate of drug-likeness (QED) is 0.893. The van der Waals surface area contributed by atoms with Crippen molar-refractivity contribution in [1.29, 1.82) is 0 Å². The van der Waals surface area contributed by atoms with Crippen molar-refractivity contribution in [3.05, 3.63) is 42.1 Å². The molecule has 0 unspecified atom stereocenters.